The molecule has 0 bridgehead atoms. The summed E-state index contributed by atoms with van der Waals surface area (Å²) in [4.78, 5) is 4.79. The molecule has 0 amide bonds. The lowest BCUT2D eigenvalue weighted by Gasteiger charge is -2.15. The van der Waals surface area contributed by atoms with Gasteiger partial charge in [-0.15, -0.1) is 0 Å². The van der Waals surface area contributed by atoms with E-state index in [0.29, 0.717) is 0 Å². The van der Waals surface area contributed by atoms with Crippen molar-refractivity contribution in [2.45, 2.75) is 39.0 Å². The van der Waals surface area contributed by atoms with Gasteiger partial charge in [0.1, 0.15) is 5.82 Å². The van der Waals surface area contributed by atoms with E-state index in [1.807, 2.05) is 0 Å². The van der Waals surface area contributed by atoms with E-state index in [2.05, 4.69) is 30.4 Å². The van der Waals surface area contributed by atoms with Crippen LogP contribution in [0.3, 0.4) is 0 Å². The quantitative estimate of drug-likeness (QED) is 0.905. The molecule has 1 saturated carbocycles. The van der Waals surface area contributed by atoms with E-state index in [0.717, 1.165) is 30.7 Å². The number of rotatable bonds is 4. The zero-order valence-electron chi connectivity index (χ0n) is 12.6. The molecule has 0 spiro atoms. The van der Waals surface area contributed by atoms with Crippen molar-refractivity contribution in [3.05, 3.63) is 34.9 Å². The van der Waals surface area contributed by atoms with E-state index in [4.69, 9.17) is 4.98 Å². The lowest BCUT2D eigenvalue weighted by atomic mass is 10.0. The number of hydrogen-bond donors (Lipinski definition) is 2. The molecule has 2 N–H and O–H groups in total. The monoisotopic (exact) mass is 282 g/mol. The average Bonchev–Trinajstić information content (AvgIpc) is 3.13. The Morgan fingerprint density at radius 3 is 2.67 bits per heavy atom. The number of anilines is 1. The van der Waals surface area contributed by atoms with E-state index < -0.39 is 0 Å². The van der Waals surface area contributed by atoms with Gasteiger partial charge in [-0.1, -0.05) is 0 Å². The Bertz CT molecular complexity index is 704. The molecule has 3 nitrogen and oxygen atoms in total. The number of aryl methyl sites for hydroxylation is 3. The molecule has 0 atom stereocenters. The maximum Gasteiger partial charge on any atom is 0.126 e. The largest absolute Gasteiger partial charge is 0.396 e. The second-order valence-electron chi connectivity index (χ2n) is 6.83. The lowest BCUT2D eigenvalue weighted by molar-refractivity contribution is 0.219. The van der Waals surface area contributed by atoms with Crippen LogP contribution in [0, 0.1) is 12.3 Å². The van der Waals surface area contributed by atoms with Crippen LogP contribution in [-0.2, 0) is 12.8 Å². The van der Waals surface area contributed by atoms with Crippen molar-refractivity contribution in [1.29, 1.82) is 0 Å². The van der Waals surface area contributed by atoms with Gasteiger partial charge in [0, 0.05) is 17.3 Å². The minimum absolute atomic E-state index is 0.114. The average molecular weight is 282 g/mol. The van der Waals surface area contributed by atoms with Gasteiger partial charge < -0.3 is 10.4 Å². The van der Waals surface area contributed by atoms with Gasteiger partial charge in [0.25, 0.3) is 0 Å². The first kappa shape index (κ1) is 13.1. The SMILES string of the molecule is Cc1cc(NCC2(CO)CC2)nc2cc3c(cc12)CCC3. The third-order valence-corrected chi connectivity index (χ3v) is 5.17. The van der Waals surface area contributed by atoms with Crippen molar-refractivity contribution in [3.8, 4) is 0 Å². The van der Waals surface area contributed by atoms with E-state index in [-0.39, 0.29) is 12.0 Å². The third-order valence-electron chi connectivity index (χ3n) is 5.17. The van der Waals surface area contributed by atoms with Crippen LogP contribution in [0.5, 0.6) is 0 Å². The normalized spacial score (nSPS) is 18.8. The molecule has 110 valence electrons. The minimum Gasteiger partial charge on any atom is -0.396 e. The number of aliphatic hydroxyl groups is 1. The van der Waals surface area contributed by atoms with Crippen LogP contribution in [0.2, 0.25) is 0 Å². The third kappa shape index (κ3) is 2.30. The molecular weight excluding hydrogens is 260 g/mol. The van der Waals surface area contributed by atoms with Gasteiger partial charge in [-0.2, -0.15) is 0 Å². The summed E-state index contributed by atoms with van der Waals surface area (Å²) in [6, 6.07) is 6.74. The predicted octanol–water partition coefficient (Wildman–Crippen LogP) is 3.22. The minimum atomic E-state index is 0.114. The number of nitrogens with one attached hydrogen (secondary N) is 1. The number of pyridine rings is 1. The van der Waals surface area contributed by atoms with Gasteiger partial charge in [0.05, 0.1) is 12.1 Å². The number of benzene rings is 1. The molecule has 3 heteroatoms. The van der Waals surface area contributed by atoms with E-state index >= 15 is 0 Å². The molecule has 0 aliphatic heterocycles. The molecule has 1 heterocycles. The summed E-state index contributed by atoms with van der Waals surface area (Å²) < 4.78 is 0. The van der Waals surface area contributed by atoms with Crippen LogP contribution < -0.4 is 5.32 Å². The van der Waals surface area contributed by atoms with Crippen LogP contribution in [0.1, 0.15) is 36.0 Å². The van der Waals surface area contributed by atoms with Crippen LogP contribution in [0.4, 0.5) is 5.82 Å². The van der Waals surface area contributed by atoms with Crippen molar-refractivity contribution in [2.24, 2.45) is 5.41 Å². The smallest absolute Gasteiger partial charge is 0.126 e. The molecule has 2 aromatic rings. The Labute approximate surface area is 125 Å². The summed E-state index contributed by atoms with van der Waals surface area (Å²) in [5.41, 5.74) is 5.48. The second kappa shape index (κ2) is 4.70. The van der Waals surface area contributed by atoms with Gasteiger partial charge in [0.2, 0.25) is 0 Å². The molecule has 0 radical (unpaired) electrons. The Morgan fingerprint density at radius 1 is 1.19 bits per heavy atom. The first-order valence-corrected chi connectivity index (χ1v) is 7.97. The predicted molar refractivity (Wildman–Crippen MR) is 85.7 cm³/mol. The van der Waals surface area contributed by atoms with E-state index in [1.54, 1.807) is 0 Å². The van der Waals surface area contributed by atoms with Gasteiger partial charge in [-0.25, -0.2) is 4.98 Å². The first-order valence-electron chi connectivity index (χ1n) is 7.97. The summed E-state index contributed by atoms with van der Waals surface area (Å²) in [7, 11) is 0. The summed E-state index contributed by atoms with van der Waals surface area (Å²) >= 11 is 0. The van der Waals surface area contributed by atoms with E-state index in [1.165, 1.54) is 41.3 Å². The highest BCUT2D eigenvalue weighted by Gasteiger charge is 2.41. The van der Waals surface area contributed by atoms with Gasteiger partial charge in [-0.05, 0) is 73.9 Å². The zero-order valence-corrected chi connectivity index (χ0v) is 12.6. The number of fused-ring (bicyclic) bond motifs is 2. The first-order chi connectivity index (χ1) is 10.2. The van der Waals surface area contributed by atoms with Gasteiger partial charge >= 0.3 is 0 Å². The van der Waals surface area contributed by atoms with Gasteiger partial charge in [-0.3, -0.25) is 0 Å². The Hall–Kier alpha value is -1.61. The van der Waals surface area contributed by atoms with Crippen LogP contribution in [0.25, 0.3) is 10.9 Å². The summed E-state index contributed by atoms with van der Waals surface area (Å²) in [6.45, 7) is 3.27. The maximum atomic E-state index is 9.41. The van der Waals surface area contributed by atoms with Crippen molar-refractivity contribution >= 4 is 16.7 Å². The van der Waals surface area contributed by atoms with Gasteiger partial charge in [0.15, 0.2) is 0 Å². The number of nitrogens with zero attached hydrogens (tertiary/aromatic N) is 1. The number of hydrogen-bond acceptors (Lipinski definition) is 3. The summed E-state index contributed by atoms with van der Waals surface area (Å²) in [6.07, 6.45) is 5.92. The Morgan fingerprint density at radius 2 is 1.95 bits per heavy atom. The molecule has 0 saturated heterocycles. The van der Waals surface area contributed by atoms with Crippen molar-refractivity contribution in [3.63, 3.8) is 0 Å². The topological polar surface area (TPSA) is 45.1 Å². The fourth-order valence-electron chi connectivity index (χ4n) is 3.40. The highest BCUT2D eigenvalue weighted by atomic mass is 16.3. The standard InChI is InChI=1S/C18H22N2O/c1-12-7-17(19-10-18(11-21)5-6-18)20-16-9-14-4-2-3-13(14)8-15(12)16/h7-9,21H,2-6,10-11H2,1H3,(H,19,20). The number of aromatic nitrogens is 1. The molecular formula is C18H22N2O. The van der Waals surface area contributed by atoms with Crippen molar-refractivity contribution in [1.82, 2.24) is 4.98 Å². The van der Waals surface area contributed by atoms with E-state index in [9.17, 15) is 5.11 Å². The fraction of sp³-hybridized carbons (Fsp3) is 0.500. The molecule has 4 rings (SSSR count). The molecule has 1 aromatic carbocycles. The molecule has 2 aliphatic carbocycles. The van der Waals surface area contributed by atoms with Crippen LogP contribution >= 0.6 is 0 Å². The summed E-state index contributed by atoms with van der Waals surface area (Å²) in [5, 5.41) is 14.1. The lowest BCUT2D eigenvalue weighted by Crippen LogP contribution is -2.19. The Balaban J connectivity index is 1.66. The Kier molecular flexibility index (Phi) is 2.93. The fourth-order valence-corrected chi connectivity index (χ4v) is 3.40. The molecule has 1 aromatic heterocycles. The maximum absolute atomic E-state index is 9.41. The van der Waals surface area contributed by atoms with Crippen molar-refractivity contribution in [2.75, 3.05) is 18.5 Å². The summed E-state index contributed by atoms with van der Waals surface area (Å²) in [5.74, 6) is 0.942. The molecule has 21 heavy (non-hydrogen) atoms. The second-order valence-corrected chi connectivity index (χ2v) is 6.83. The van der Waals surface area contributed by atoms with Crippen LogP contribution in [-0.4, -0.2) is 23.2 Å². The highest BCUT2D eigenvalue weighted by molar-refractivity contribution is 5.85. The van der Waals surface area contributed by atoms with Crippen molar-refractivity contribution < 1.29 is 5.11 Å². The molecule has 0 unspecified atom stereocenters. The number of aliphatic hydroxyl groups excluding tert-OH is 1. The molecule has 2 aliphatic rings. The van der Waals surface area contributed by atoms with Crippen LogP contribution in [0.15, 0.2) is 18.2 Å². The zero-order chi connectivity index (χ0) is 14.4. The molecule has 1 fully saturated rings. The highest BCUT2D eigenvalue weighted by Crippen LogP contribution is 2.44.